The SMILES string of the molecule is O=C(NCc1ccc2c(c1)CCC2)NC1CCC(O)CC1. The van der Waals surface area contributed by atoms with E-state index in [-0.39, 0.29) is 18.2 Å². The third kappa shape index (κ3) is 3.76. The molecule has 4 nitrogen and oxygen atoms in total. The highest BCUT2D eigenvalue weighted by atomic mass is 16.3. The number of aliphatic hydroxyl groups excluding tert-OH is 1. The molecule has 2 aliphatic rings. The highest BCUT2D eigenvalue weighted by molar-refractivity contribution is 5.74. The maximum Gasteiger partial charge on any atom is 0.315 e. The van der Waals surface area contributed by atoms with Gasteiger partial charge in [-0.2, -0.15) is 0 Å². The number of carbonyl (C=O) groups is 1. The van der Waals surface area contributed by atoms with Crippen molar-refractivity contribution in [3.05, 3.63) is 34.9 Å². The molecule has 0 bridgehead atoms. The van der Waals surface area contributed by atoms with Crippen molar-refractivity contribution in [2.24, 2.45) is 0 Å². The molecule has 1 fully saturated rings. The van der Waals surface area contributed by atoms with Gasteiger partial charge < -0.3 is 15.7 Å². The van der Waals surface area contributed by atoms with Crippen molar-refractivity contribution < 1.29 is 9.90 Å². The number of amides is 2. The summed E-state index contributed by atoms with van der Waals surface area (Å²) in [7, 11) is 0. The average molecular weight is 288 g/mol. The smallest absolute Gasteiger partial charge is 0.315 e. The van der Waals surface area contributed by atoms with Gasteiger partial charge in [0.2, 0.25) is 0 Å². The standard InChI is InChI=1S/C17H24N2O2/c20-16-8-6-15(7-9-16)19-17(21)18-11-12-4-5-13-2-1-3-14(13)10-12/h4-5,10,15-16,20H,1-3,6-9,11H2,(H2,18,19,21). The zero-order valence-electron chi connectivity index (χ0n) is 12.4. The van der Waals surface area contributed by atoms with Gasteiger partial charge in [-0.15, -0.1) is 0 Å². The maximum absolute atomic E-state index is 11.9. The lowest BCUT2D eigenvalue weighted by Crippen LogP contribution is -2.43. The van der Waals surface area contributed by atoms with Crippen molar-refractivity contribution in [2.45, 2.75) is 63.6 Å². The molecular weight excluding hydrogens is 264 g/mol. The summed E-state index contributed by atoms with van der Waals surface area (Å²) in [5, 5.41) is 15.4. The fourth-order valence-electron chi connectivity index (χ4n) is 3.37. The summed E-state index contributed by atoms with van der Waals surface area (Å²) in [6.45, 7) is 0.578. The van der Waals surface area contributed by atoms with Gasteiger partial charge in [0, 0.05) is 12.6 Å². The maximum atomic E-state index is 11.9. The molecule has 0 atom stereocenters. The molecule has 21 heavy (non-hydrogen) atoms. The number of urea groups is 1. The fraction of sp³-hybridized carbons (Fsp3) is 0.588. The van der Waals surface area contributed by atoms with Crippen LogP contribution < -0.4 is 10.6 Å². The van der Waals surface area contributed by atoms with Gasteiger partial charge in [0.1, 0.15) is 0 Å². The Labute approximate surface area is 125 Å². The van der Waals surface area contributed by atoms with Gasteiger partial charge >= 0.3 is 6.03 Å². The number of benzene rings is 1. The highest BCUT2D eigenvalue weighted by Crippen LogP contribution is 2.22. The molecular formula is C17H24N2O2. The summed E-state index contributed by atoms with van der Waals surface area (Å²) in [5.74, 6) is 0. The van der Waals surface area contributed by atoms with E-state index < -0.39 is 0 Å². The van der Waals surface area contributed by atoms with Crippen molar-refractivity contribution in [3.8, 4) is 0 Å². The molecule has 3 N–H and O–H groups in total. The first-order chi connectivity index (χ1) is 10.2. The van der Waals surface area contributed by atoms with E-state index in [0.29, 0.717) is 6.54 Å². The number of nitrogens with one attached hydrogen (secondary N) is 2. The Kier molecular flexibility index (Phi) is 4.44. The molecule has 0 saturated heterocycles. The third-order valence-corrected chi connectivity index (χ3v) is 4.65. The molecule has 4 heteroatoms. The molecule has 0 aromatic heterocycles. The molecule has 0 aliphatic heterocycles. The van der Waals surface area contributed by atoms with Gasteiger partial charge in [-0.05, 0) is 61.6 Å². The predicted molar refractivity (Wildman–Crippen MR) is 82.1 cm³/mol. The van der Waals surface area contributed by atoms with Crippen LogP contribution in [0, 0.1) is 0 Å². The summed E-state index contributed by atoms with van der Waals surface area (Å²) in [5.41, 5.74) is 4.07. The number of hydrogen-bond acceptors (Lipinski definition) is 2. The molecule has 2 amide bonds. The second-order valence-corrected chi connectivity index (χ2v) is 6.29. The van der Waals surface area contributed by atoms with Crippen molar-refractivity contribution in [1.29, 1.82) is 0 Å². The lowest BCUT2D eigenvalue weighted by atomic mass is 9.93. The minimum absolute atomic E-state index is 0.100. The summed E-state index contributed by atoms with van der Waals surface area (Å²) in [6.07, 6.45) is 6.74. The van der Waals surface area contributed by atoms with Gasteiger partial charge in [-0.1, -0.05) is 18.2 Å². The summed E-state index contributed by atoms with van der Waals surface area (Å²) >= 11 is 0. The van der Waals surface area contributed by atoms with Crippen molar-refractivity contribution in [1.82, 2.24) is 10.6 Å². The average Bonchev–Trinajstić information content (AvgIpc) is 2.95. The minimum Gasteiger partial charge on any atom is -0.393 e. The van der Waals surface area contributed by atoms with E-state index in [0.717, 1.165) is 25.7 Å². The number of fused-ring (bicyclic) bond motifs is 1. The monoisotopic (exact) mass is 288 g/mol. The molecule has 1 aromatic carbocycles. The largest absolute Gasteiger partial charge is 0.393 e. The zero-order valence-corrected chi connectivity index (χ0v) is 12.4. The minimum atomic E-state index is -0.183. The second kappa shape index (κ2) is 6.48. The van der Waals surface area contributed by atoms with Crippen LogP contribution in [-0.2, 0) is 19.4 Å². The first-order valence-electron chi connectivity index (χ1n) is 8.04. The van der Waals surface area contributed by atoms with Gasteiger partial charge in [-0.25, -0.2) is 4.79 Å². The Hall–Kier alpha value is -1.55. The molecule has 1 aromatic rings. The first kappa shape index (κ1) is 14.4. The highest BCUT2D eigenvalue weighted by Gasteiger charge is 2.20. The normalized spacial score (nSPS) is 24.4. The van der Waals surface area contributed by atoms with E-state index in [2.05, 4.69) is 28.8 Å². The van der Waals surface area contributed by atoms with E-state index in [4.69, 9.17) is 0 Å². The molecule has 3 rings (SSSR count). The van der Waals surface area contributed by atoms with Crippen molar-refractivity contribution in [3.63, 3.8) is 0 Å². The number of aliphatic hydroxyl groups is 1. The Morgan fingerprint density at radius 1 is 1.14 bits per heavy atom. The number of aryl methyl sites for hydroxylation is 2. The molecule has 2 aliphatic carbocycles. The molecule has 1 saturated carbocycles. The molecule has 0 spiro atoms. The number of hydrogen-bond donors (Lipinski definition) is 3. The van der Waals surface area contributed by atoms with E-state index in [1.54, 1.807) is 0 Å². The van der Waals surface area contributed by atoms with E-state index in [1.165, 1.54) is 36.0 Å². The Bertz CT molecular complexity index is 508. The second-order valence-electron chi connectivity index (χ2n) is 6.29. The first-order valence-corrected chi connectivity index (χ1v) is 8.04. The number of carbonyl (C=O) groups excluding carboxylic acids is 1. The lowest BCUT2D eigenvalue weighted by Gasteiger charge is -2.26. The van der Waals surface area contributed by atoms with Crippen LogP contribution in [0.25, 0.3) is 0 Å². The van der Waals surface area contributed by atoms with Gasteiger partial charge in [0.25, 0.3) is 0 Å². The van der Waals surface area contributed by atoms with E-state index in [9.17, 15) is 9.90 Å². The summed E-state index contributed by atoms with van der Waals surface area (Å²) in [6, 6.07) is 6.63. The van der Waals surface area contributed by atoms with Crippen LogP contribution in [0.2, 0.25) is 0 Å². The van der Waals surface area contributed by atoms with Crippen LogP contribution in [0.5, 0.6) is 0 Å². The van der Waals surface area contributed by atoms with Crippen LogP contribution >= 0.6 is 0 Å². The van der Waals surface area contributed by atoms with E-state index in [1.807, 2.05) is 0 Å². The van der Waals surface area contributed by atoms with Gasteiger partial charge in [0.05, 0.1) is 6.10 Å². The Balaban J connectivity index is 1.45. The van der Waals surface area contributed by atoms with Crippen LogP contribution in [0.3, 0.4) is 0 Å². The van der Waals surface area contributed by atoms with Gasteiger partial charge in [-0.3, -0.25) is 0 Å². The predicted octanol–water partition coefficient (Wildman–Crippen LogP) is 2.28. The molecule has 0 heterocycles. The summed E-state index contributed by atoms with van der Waals surface area (Å²) < 4.78 is 0. The Morgan fingerprint density at radius 3 is 2.71 bits per heavy atom. The topological polar surface area (TPSA) is 61.4 Å². The van der Waals surface area contributed by atoms with Crippen LogP contribution in [-0.4, -0.2) is 23.3 Å². The Morgan fingerprint density at radius 2 is 1.90 bits per heavy atom. The lowest BCUT2D eigenvalue weighted by molar-refractivity contribution is 0.117. The number of rotatable bonds is 3. The van der Waals surface area contributed by atoms with Crippen LogP contribution in [0.1, 0.15) is 48.8 Å². The van der Waals surface area contributed by atoms with Gasteiger partial charge in [0.15, 0.2) is 0 Å². The van der Waals surface area contributed by atoms with Crippen molar-refractivity contribution in [2.75, 3.05) is 0 Å². The fourth-order valence-corrected chi connectivity index (χ4v) is 3.37. The zero-order chi connectivity index (χ0) is 14.7. The van der Waals surface area contributed by atoms with Crippen LogP contribution in [0.4, 0.5) is 4.79 Å². The van der Waals surface area contributed by atoms with Crippen molar-refractivity contribution >= 4 is 6.03 Å². The molecule has 0 radical (unpaired) electrons. The van der Waals surface area contributed by atoms with Crippen LogP contribution in [0.15, 0.2) is 18.2 Å². The molecule has 0 unspecified atom stereocenters. The van der Waals surface area contributed by atoms with E-state index >= 15 is 0 Å². The quantitative estimate of drug-likeness (QED) is 0.799. The molecule has 114 valence electrons. The summed E-state index contributed by atoms with van der Waals surface area (Å²) in [4.78, 5) is 11.9. The third-order valence-electron chi connectivity index (χ3n) is 4.65.